The molecule has 90 valence electrons. The monoisotopic (exact) mass is 236 g/mol. The molecule has 0 aromatic heterocycles. The number of nitro benzene ring substituents is 1. The molecule has 0 aliphatic carbocycles. The van der Waals surface area contributed by atoms with E-state index in [-0.39, 0.29) is 17.7 Å². The number of nitro groups is 1. The minimum Gasteiger partial charge on any atom is -0.465 e. The minimum absolute atomic E-state index is 0.104. The molecule has 0 aliphatic rings. The first kappa shape index (κ1) is 12.8. The molecular formula is C11H12N2O4. The van der Waals surface area contributed by atoms with Gasteiger partial charge in [-0.1, -0.05) is 6.07 Å². The SMILES string of the molecule is CN=CCc1c(C(=O)OC)cccc1[N+](=O)[O-]. The molecule has 0 N–H and O–H groups in total. The molecule has 0 aliphatic heterocycles. The molecule has 0 unspecified atom stereocenters. The third-order valence-electron chi connectivity index (χ3n) is 2.23. The summed E-state index contributed by atoms with van der Waals surface area (Å²) in [6.07, 6.45) is 1.73. The van der Waals surface area contributed by atoms with Crippen LogP contribution in [0.15, 0.2) is 23.2 Å². The van der Waals surface area contributed by atoms with Gasteiger partial charge < -0.3 is 9.73 Å². The summed E-state index contributed by atoms with van der Waals surface area (Å²) in [5, 5.41) is 10.9. The normalized spacial score (nSPS) is 10.5. The predicted molar refractivity (Wildman–Crippen MR) is 62.6 cm³/mol. The van der Waals surface area contributed by atoms with Crippen molar-refractivity contribution < 1.29 is 14.5 Å². The van der Waals surface area contributed by atoms with E-state index in [2.05, 4.69) is 9.73 Å². The highest BCUT2D eigenvalue weighted by molar-refractivity contribution is 5.93. The standard InChI is InChI=1S/C11H12N2O4/c1-12-7-6-8-9(11(14)17-2)4-3-5-10(8)13(15)16/h3-5,7H,6H2,1-2H3. The van der Waals surface area contributed by atoms with E-state index in [9.17, 15) is 14.9 Å². The number of methoxy groups -OCH3 is 1. The zero-order chi connectivity index (χ0) is 12.8. The summed E-state index contributed by atoms with van der Waals surface area (Å²) in [4.78, 5) is 25.6. The van der Waals surface area contributed by atoms with Crippen LogP contribution >= 0.6 is 0 Å². The molecule has 17 heavy (non-hydrogen) atoms. The summed E-state index contributed by atoms with van der Waals surface area (Å²) >= 11 is 0. The average Bonchev–Trinajstić information content (AvgIpc) is 2.34. The van der Waals surface area contributed by atoms with Crippen LogP contribution < -0.4 is 0 Å². The molecule has 0 bridgehead atoms. The Balaban J connectivity index is 3.33. The van der Waals surface area contributed by atoms with Gasteiger partial charge in [0.25, 0.3) is 5.69 Å². The van der Waals surface area contributed by atoms with Crippen LogP contribution in [0.1, 0.15) is 15.9 Å². The van der Waals surface area contributed by atoms with Gasteiger partial charge >= 0.3 is 5.97 Å². The lowest BCUT2D eigenvalue weighted by molar-refractivity contribution is -0.385. The van der Waals surface area contributed by atoms with Gasteiger partial charge in [0.05, 0.1) is 17.6 Å². The van der Waals surface area contributed by atoms with Crippen molar-refractivity contribution >= 4 is 17.9 Å². The number of ether oxygens (including phenoxy) is 1. The Labute approximate surface area is 98.1 Å². The smallest absolute Gasteiger partial charge is 0.338 e. The van der Waals surface area contributed by atoms with E-state index in [1.165, 1.54) is 31.5 Å². The maximum Gasteiger partial charge on any atom is 0.338 e. The van der Waals surface area contributed by atoms with Gasteiger partial charge in [-0.3, -0.25) is 10.1 Å². The summed E-state index contributed by atoms with van der Waals surface area (Å²) in [6.45, 7) is 0. The van der Waals surface area contributed by atoms with Gasteiger partial charge in [0, 0.05) is 31.3 Å². The van der Waals surface area contributed by atoms with Crippen LogP contribution in [-0.4, -0.2) is 31.3 Å². The third-order valence-corrected chi connectivity index (χ3v) is 2.23. The van der Waals surface area contributed by atoms with Gasteiger partial charge in [-0.25, -0.2) is 4.79 Å². The number of benzene rings is 1. The Kier molecular flexibility index (Phi) is 4.33. The van der Waals surface area contributed by atoms with Crippen LogP contribution in [0.25, 0.3) is 0 Å². The number of hydrogen-bond acceptors (Lipinski definition) is 5. The fourth-order valence-electron chi connectivity index (χ4n) is 1.44. The van der Waals surface area contributed by atoms with Crippen molar-refractivity contribution in [2.45, 2.75) is 6.42 Å². The molecule has 0 spiro atoms. The first-order valence-electron chi connectivity index (χ1n) is 4.87. The zero-order valence-corrected chi connectivity index (χ0v) is 9.54. The lowest BCUT2D eigenvalue weighted by Gasteiger charge is -2.06. The van der Waals surface area contributed by atoms with Gasteiger partial charge in [-0.2, -0.15) is 0 Å². The molecule has 0 radical (unpaired) electrons. The fraction of sp³-hybridized carbons (Fsp3) is 0.273. The largest absolute Gasteiger partial charge is 0.465 e. The van der Waals surface area contributed by atoms with Crippen molar-refractivity contribution in [1.82, 2.24) is 0 Å². The second-order valence-electron chi connectivity index (χ2n) is 3.20. The number of rotatable bonds is 4. The van der Waals surface area contributed by atoms with Crippen molar-refractivity contribution in [2.24, 2.45) is 4.99 Å². The van der Waals surface area contributed by atoms with Gasteiger partial charge in [-0.05, 0) is 6.07 Å². The topological polar surface area (TPSA) is 81.8 Å². The van der Waals surface area contributed by atoms with E-state index in [0.717, 1.165) is 0 Å². The maximum atomic E-state index is 11.5. The minimum atomic E-state index is -0.590. The molecule has 0 amide bonds. The lowest BCUT2D eigenvalue weighted by Crippen LogP contribution is -2.08. The summed E-state index contributed by atoms with van der Waals surface area (Å²) in [5.41, 5.74) is 0.407. The van der Waals surface area contributed by atoms with Crippen LogP contribution in [0.4, 0.5) is 5.69 Å². The first-order chi connectivity index (χ1) is 8.11. The highest BCUT2D eigenvalue weighted by atomic mass is 16.6. The van der Waals surface area contributed by atoms with E-state index < -0.39 is 10.9 Å². The molecule has 0 saturated heterocycles. The molecule has 1 aromatic carbocycles. The summed E-state index contributed by atoms with van der Waals surface area (Å²) in [5.74, 6) is -0.590. The second kappa shape index (κ2) is 5.74. The number of carbonyl (C=O) groups is 1. The number of aliphatic imine (C=N–C) groups is 1. The number of esters is 1. The highest BCUT2D eigenvalue weighted by Gasteiger charge is 2.20. The van der Waals surface area contributed by atoms with Crippen LogP contribution in [0.5, 0.6) is 0 Å². The predicted octanol–water partition coefficient (Wildman–Crippen LogP) is 1.62. The summed E-state index contributed by atoms with van der Waals surface area (Å²) in [7, 11) is 2.80. The number of hydrogen-bond donors (Lipinski definition) is 0. The zero-order valence-electron chi connectivity index (χ0n) is 9.54. The Morgan fingerprint density at radius 3 is 2.82 bits per heavy atom. The molecule has 0 atom stereocenters. The van der Waals surface area contributed by atoms with Crippen molar-refractivity contribution in [1.29, 1.82) is 0 Å². The van der Waals surface area contributed by atoms with Crippen molar-refractivity contribution in [3.05, 3.63) is 39.4 Å². The van der Waals surface area contributed by atoms with Crippen LogP contribution in [0, 0.1) is 10.1 Å². The van der Waals surface area contributed by atoms with Crippen LogP contribution in [0.3, 0.4) is 0 Å². The average molecular weight is 236 g/mol. The molecule has 0 heterocycles. The highest BCUT2D eigenvalue weighted by Crippen LogP contribution is 2.23. The van der Waals surface area contributed by atoms with Gasteiger partial charge in [0.2, 0.25) is 0 Å². The van der Waals surface area contributed by atoms with E-state index >= 15 is 0 Å². The van der Waals surface area contributed by atoms with Crippen LogP contribution in [-0.2, 0) is 11.2 Å². The Hall–Kier alpha value is -2.24. The van der Waals surface area contributed by atoms with E-state index in [0.29, 0.717) is 5.56 Å². The van der Waals surface area contributed by atoms with Crippen molar-refractivity contribution in [2.75, 3.05) is 14.2 Å². The maximum absolute atomic E-state index is 11.5. The molecule has 6 nitrogen and oxygen atoms in total. The number of nitrogens with zero attached hydrogens (tertiary/aromatic N) is 2. The molecule has 0 fully saturated rings. The summed E-state index contributed by atoms with van der Waals surface area (Å²) in [6, 6.07) is 4.31. The third kappa shape index (κ3) is 2.87. The number of carbonyl (C=O) groups excluding carboxylic acids is 1. The Bertz CT molecular complexity index is 469. The molecule has 1 rings (SSSR count). The lowest BCUT2D eigenvalue weighted by atomic mass is 10.0. The van der Waals surface area contributed by atoms with E-state index in [1.807, 2.05) is 0 Å². The molecule has 1 aromatic rings. The Morgan fingerprint density at radius 1 is 1.59 bits per heavy atom. The van der Waals surface area contributed by atoms with Crippen molar-refractivity contribution in [3.63, 3.8) is 0 Å². The van der Waals surface area contributed by atoms with Gasteiger partial charge in [-0.15, -0.1) is 0 Å². The van der Waals surface area contributed by atoms with E-state index in [1.54, 1.807) is 7.05 Å². The quantitative estimate of drug-likeness (QED) is 0.344. The van der Waals surface area contributed by atoms with Crippen molar-refractivity contribution in [3.8, 4) is 0 Å². The second-order valence-corrected chi connectivity index (χ2v) is 3.20. The van der Waals surface area contributed by atoms with Crippen LogP contribution in [0.2, 0.25) is 0 Å². The fourth-order valence-corrected chi connectivity index (χ4v) is 1.44. The van der Waals surface area contributed by atoms with Gasteiger partial charge in [0.15, 0.2) is 0 Å². The Morgan fingerprint density at radius 2 is 2.29 bits per heavy atom. The molecule has 0 saturated carbocycles. The summed E-state index contributed by atoms with van der Waals surface area (Å²) < 4.78 is 4.59. The molecular weight excluding hydrogens is 224 g/mol. The molecule has 6 heteroatoms. The van der Waals surface area contributed by atoms with Gasteiger partial charge in [0.1, 0.15) is 0 Å². The first-order valence-corrected chi connectivity index (χ1v) is 4.87. The van der Waals surface area contributed by atoms with E-state index in [4.69, 9.17) is 0 Å².